The van der Waals surface area contributed by atoms with Crippen molar-refractivity contribution in [2.75, 3.05) is 6.61 Å². The summed E-state index contributed by atoms with van der Waals surface area (Å²) in [6.07, 6.45) is 0.839. The monoisotopic (exact) mass is 226 g/mol. The third-order valence-electron chi connectivity index (χ3n) is 2.32. The zero-order valence-electron chi connectivity index (χ0n) is 10.1. The summed E-state index contributed by atoms with van der Waals surface area (Å²) in [6, 6.07) is 4.57. The first kappa shape index (κ1) is 13.0. The van der Waals surface area contributed by atoms with Crippen LogP contribution in [-0.2, 0) is 6.61 Å². The Morgan fingerprint density at radius 2 is 2.00 bits per heavy atom. The predicted octanol–water partition coefficient (Wildman–Crippen LogP) is 3.13. The summed E-state index contributed by atoms with van der Waals surface area (Å²) in [7, 11) is 0. The minimum absolute atomic E-state index is 0.157. The van der Waals surface area contributed by atoms with Crippen molar-refractivity contribution < 1.29 is 14.2 Å². The van der Waals surface area contributed by atoms with Gasteiger partial charge >= 0.3 is 0 Å². The van der Waals surface area contributed by atoms with E-state index in [9.17, 15) is 4.39 Å². The standard InChI is InChI=1S/C13H19FO2/c1-13(2,3)7-8-16-12-10(9-15)5-4-6-11(12)14/h4-6,15H,7-9H2,1-3H3. The number of hydrogen-bond donors (Lipinski definition) is 1. The van der Waals surface area contributed by atoms with Crippen LogP contribution >= 0.6 is 0 Å². The fourth-order valence-corrected chi connectivity index (χ4v) is 1.30. The second-order valence-electron chi connectivity index (χ2n) is 5.05. The van der Waals surface area contributed by atoms with Crippen molar-refractivity contribution in [2.45, 2.75) is 33.8 Å². The van der Waals surface area contributed by atoms with Gasteiger partial charge in [-0.25, -0.2) is 4.39 Å². The second kappa shape index (κ2) is 5.30. The first-order valence-corrected chi connectivity index (χ1v) is 5.45. The molecule has 0 saturated carbocycles. The van der Waals surface area contributed by atoms with E-state index in [-0.39, 0.29) is 17.8 Å². The van der Waals surface area contributed by atoms with Crippen LogP contribution in [0.4, 0.5) is 4.39 Å². The third kappa shape index (κ3) is 3.81. The van der Waals surface area contributed by atoms with Gasteiger partial charge in [-0.1, -0.05) is 32.9 Å². The Kier molecular flexibility index (Phi) is 4.30. The molecule has 2 nitrogen and oxygen atoms in total. The quantitative estimate of drug-likeness (QED) is 0.854. The lowest BCUT2D eigenvalue weighted by atomic mass is 9.93. The summed E-state index contributed by atoms with van der Waals surface area (Å²) in [5.41, 5.74) is 0.652. The molecule has 0 heterocycles. The Balaban J connectivity index is 2.66. The summed E-state index contributed by atoms with van der Waals surface area (Å²) in [5.74, 6) is -0.241. The molecule has 0 fully saturated rings. The van der Waals surface area contributed by atoms with Gasteiger partial charge in [0.15, 0.2) is 11.6 Å². The first-order valence-electron chi connectivity index (χ1n) is 5.45. The molecule has 1 aromatic carbocycles. The zero-order valence-corrected chi connectivity index (χ0v) is 10.1. The predicted molar refractivity (Wildman–Crippen MR) is 61.9 cm³/mol. The molecule has 0 radical (unpaired) electrons. The van der Waals surface area contributed by atoms with Gasteiger partial charge in [0.25, 0.3) is 0 Å². The van der Waals surface area contributed by atoms with Gasteiger partial charge in [-0.05, 0) is 17.9 Å². The zero-order chi connectivity index (χ0) is 12.2. The highest BCUT2D eigenvalue weighted by molar-refractivity contribution is 5.34. The SMILES string of the molecule is CC(C)(C)CCOc1c(F)cccc1CO. The molecule has 1 aromatic rings. The average Bonchev–Trinajstić information content (AvgIpc) is 2.18. The first-order chi connectivity index (χ1) is 7.44. The molecule has 0 aliphatic rings. The molecule has 0 spiro atoms. The molecule has 90 valence electrons. The summed E-state index contributed by atoms with van der Waals surface area (Å²) in [4.78, 5) is 0. The maximum absolute atomic E-state index is 13.4. The Morgan fingerprint density at radius 1 is 1.31 bits per heavy atom. The Morgan fingerprint density at radius 3 is 2.56 bits per heavy atom. The normalized spacial score (nSPS) is 11.6. The van der Waals surface area contributed by atoms with Crippen LogP contribution in [0.1, 0.15) is 32.8 Å². The van der Waals surface area contributed by atoms with Crippen LogP contribution in [0.25, 0.3) is 0 Å². The maximum atomic E-state index is 13.4. The van der Waals surface area contributed by atoms with Crippen molar-refractivity contribution in [2.24, 2.45) is 5.41 Å². The molecule has 0 bridgehead atoms. The molecule has 0 atom stereocenters. The Bertz CT molecular complexity index is 342. The van der Waals surface area contributed by atoms with Crippen LogP contribution in [-0.4, -0.2) is 11.7 Å². The molecule has 0 aromatic heterocycles. The maximum Gasteiger partial charge on any atom is 0.165 e. The van der Waals surface area contributed by atoms with Gasteiger partial charge in [-0.3, -0.25) is 0 Å². The highest BCUT2D eigenvalue weighted by Gasteiger charge is 2.13. The van der Waals surface area contributed by atoms with E-state index in [0.29, 0.717) is 12.2 Å². The van der Waals surface area contributed by atoms with E-state index in [1.54, 1.807) is 12.1 Å². The van der Waals surface area contributed by atoms with E-state index in [1.165, 1.54) is 6.07 Å². The Hall–Kier alpha value is -1.09. The summed E-state index contributed by atoms with van der Waals surface area (Å²) in [5, 5.41) is 9.06. The van der Waals surface area contributed by atoms with Gasteiger partial charge < -0.3 is 9.84 Å². The summed E-state index contributed by atoms with van der Waals surface area (Å²) in [6.45, 7) is 6.56. The molecule has 3 heteroatoms. The van der Waals surface area contributed by atoms with Crippen molar-refractivity contribution in [3.05, 3.63) is 29.6 Å². The smallest absolute Gasteiger partial charge is 0.165 e. The van der Waals surface area contributed by atoms with Crippen molar-refractivity contribution in [1.82, 2.24) is 0 Å². The molecule has 1 rings (SSSR count). The van der Waals surface area contributed by atoms with Gasteiger partial charge in [0.05, 0.1) is 13.2 Å². The fourth-order valence-electron chi connectivity index (χ4n) is 1.30. The van der Waals surface area contributed by atoms with Gasteiger partial charge in [0, 0.05) is 5.56 Å². The largest absolute Gasteiger partial charge is 0.490 e. The molecule has 1 N–H and O–H groups in total. The number of aliphatic hydroxyl groups excluding tert-OH is 1. The van der Waals surface area contributed by atoms with Crippen LogP contribution in [0, 0.1) is 11.2 Å². The molecular weight excluding hydrogens is 207 g/mol. The van der Waals surface area contributed by atoms with Crippen LogP contribution in [0.15, 0.2) is 18.2 Å². The van der Waals surface area contributed by atoms with Gasteiger partial charge in [-0.2, -0.15) is 0 Å². The molecule has 16 heavy (non-hydrogen) atoms. The van der Waals surface area contributed by atoms with Crippen LogP contribution < -0.4 is 4.74 Å². The van der Waals surface area contributed by atoms with E-state index in [4.69, 9.17) is 9.84 Å². The second-order valence-corrected chi connectivity index (χ2v) is 5.05. The fraction of sp³-hybridized carbons (Fsp3) is 0.538. The van der Waals surface area contributed by atoms with E-state index >= 15 is 0 Å². The lowest BCUT2D eigenvalue weighted by Crippen LogP contribution is -2.12. The van der Waals surface area contributed by atoms with Crippen LogP contribution in [0.5, 0.6) is 5.75 Å². The summed E-state index contributed by atoms with van der Waals surface area (Å²) >= 11 is 0. The van der Waals surface area contributed by atoms with Gasteiger partial charge in [-0.15, -0.1) is 0 Å². The van der Waals surface area contributed by atoms with E-state index in [0.717, 1.165) is 6.42 Å². The average molecular weight is 226 g/mol. The van der Waals surface area contributed by atoms with Crippen molar-refractivity contribution in [1.29, 1.82) is 0 Å². The number of benzene rings is 1. The lowest BCUT2D eigenvalue weighted by Gasteiger charge is -2.19. The van der Waals surface area contributed by atoms with Crippen molar-refractivity contribution in [3.63, 3.8) is 0 Å². The number of para-hydroxylation sites is 1. The number of hydrogen-bond acceptors (Lipinski definition) is 2. The minimum atomic E-state index is -0.416. The van der Waals surface area contributed by atoms with Gasteiger partial charge in [0.2, 0.25) is 0 Å². The van der Waals surface area contributed by atoms with E-state index in [2.05, 4.69) is 20.8 Å². The van der Waals surface area contributed by atoms with Crippen LogP contribution in [0.3, 0.4) is 0 Å². The molecule has 0 amide bonds. The Labute approximate surface area is 96.1 Å². The molecule has 0 aliphatic heterocycles. The van der Waals surface area contributed by atoms with E-state index < -0.39 is 5.82 Å². The van der Waals surface area contributed by atoms with E-state index in [1.807, 2.05) is 0 Å². The topological polar surface area (TPSA) is 29.5 Å². The van der Waals surface area contributed by atoms with Crippen LogP contribution in [0.2, 0.25) is 0 Å². The molecule has 0 unspecified atom stereocenters. The highest BCUT2D eigenvalue weighted by atomic mass is 19.1. The lowest BCUT2D eigenvalue weighted by molar-refractivity contribution is 0.222. The van der Waals surface area contributed by atoms with Crippen molar-refractivity contribution in [3.8, 4) is 5.75 Å². The van der Waals surface area contributed by atoms with Crippen molar-refractivity contribution >= 4 is 0 Å². The number of halogens is 1. The molecular formula is C13H19FO2. The number of aliphatic hydroxyl groups is 1. The minimum Gasteiger partial charge on any atom is -0.490 e. The van der Waals surface area contributed by atoms with Gasteiger partial charge in [0.1, 0.15) is 0 Å². The summed E-state index contributed by atoms with van der Waals surface area (Å²) < 4.78 is 18.8. The number of rotatable bonds is 4. The molecule has 0 saturated heterocycles. The molecule has 0 aliphatic carbocycles. The number of ether oxygens (including phenoxy) is 1. The highest BCUT2D eigenvalue weighted by Crippen LogP contribution is 2.24. The third-order valence-corrected chi connectivity index (χ3v) is 2.32.